The highest BCUT2D eigenvalue weighted by Crippen LogP contribution is 2.29. The van der Waals surface area contributed by atoms with Crippen molar-refractivity contribution in [3.63, 3.8) is 0 Å². The van der Waals surface area contributed by atoms with Crippen LogP contribution in [-0.2, 0) is 0 Å². The number of benzene rings is 2. The number of para-hydroxylation sites is 1. The molecule has 1 atom stereocenters. The van der Waals surface area contributed by atoms with Crippen molar-refractivity contribution in [3.8, 4) is 17.1 Å². The van der Waals surface area contributed by atoms with Crippen LogP contribution in [0.2, 0.25) is 0 Å². The Kier molecular flexibility index (Phi) is 5.46. The summed E-state index contributed by atoms with van der Waals surface area (Å²) in [6, 6.07) is 15.2. The van der Waals surface area contributed by atoms with Crippen LogP contribution in [0.1, 0.15) is 30.2 Å². The van der Waals surface area contributed by atoms with Crippen molar-refractivity contribution < 1.29 is 14.1 Å². The lowest BCUT2D eigenvalue weighted by Gasteiger charge is -2.31. The minimum atomic E-state index is -0.100. The van der Waals surface area contributed by atoms with E-state index in [4.69, 9.17) is 9.26 Å². The van der Waals surface area contributed by atoms with Gasteiger partial charge in [0.25, 0.3) is 0 Å². The second-order valence-electron chi connectivity index (χ2n) is 7.22. The number of likely N-dealkylation sites (tertiary alicyclic amines) is 1. The predicted octanol–water partition coefficient (Wildman–Crippen LogP) is 4.47. The van der Waals surface area contributed by atoms with Crippen LogP contribution in [-0.4, -0.2) is 41.3 Å². The van der Waals surface area contributed by atoms with Crippen LogP contribution in [0.3, 0.4) is 0 Å². The number of aryl methyl sites for hydroxylation is 1. The lowest BCUT2D eigenvalue weighted by Crippen LogP contribution is -2.41. The highest BCUT2D eigenvalue weighted by molar-refractivity contribution is 5.90. The number of nitrogens with one attached hydrogen (secondary N) is 1. The number of hydrogen-bond acceptors (Lipinski definition) is 5. The van der Waals surface area contributed by atoms with Crippen LogP contribution in [0.15, 0.2) is 53.1 Å². The summed E-state index contributed by atoms with van der Waals surface area (Å²) in [6.45, 7) is 3.25. The fourth-order valence-corrected chi connectivity index (χ4v) is 3.55. The fraction of sp³-hybridized carbons (Fsp3) is 0.318. The number of methoxy groups -OCH3 is 1. The fourth-order valence-electron chi connectivity index (χ4n) is 3.55. The van der Waals surface area contributed by atoms with Gasteiger partial charge >= 0.3 is 6.03 Å². The molecule has 2 amide bonds. The Morgan fingerprint density at radius 2 is 2.10 bits per heavy atom. The molecule has 7 nitrogen and oxygen atoms in total. The van der Waals surface area contributed by atoms with E-state index in [1.54, 1.807) is 7.11 Å². The highest BCUT2D eigenvalue weighted by Gasteiger charge is 2.29. The van der Waals surface area contributed by atoms with Gasteiger partial charge in [0.1, 0.15) is 5.75 Å². The number of carbonyl (C=O) groups excluding carboxylic acids is 1. The second kappa shape index (κ2) is 8.34. The number of urea groups is 1. The number of hydrogen-bond donors (Lipinski definition) is 1. The van der Waals surface area contributed by atoms with Crippen LogP contribution in [0.5, 0.6) is 5.75 Å². The lowest BCUT2D eigenvalue weighted by molar-refractivity contribution is 0.184. The smallest absolute Gasteiger partial charge is 0.321 e. The van der Waals surface area contributed by atoms with Crippen LogP contribution in [0.4, 0.5) is 10.5 Å². The van der Waals surface area contributed by atoms with E-state index in [2.05, 4.69) is 15.5 Å². The number of rotatable bonds is 4. The molecule has 0 aliphatic carbocycles. The van der Waals surface area contributed by atoms with Crippen molar-refractivity contribution in [2.24, 2.45) is 0 Å². The molecule has 1 saturated heterocycles. The van der Waals surface area contributed by atoms with E-state index in [1.165, 1.54) is 0 Å². The lowest BCUT2D eigenvalue weighted by atomic mass is 9.98. The Labute approximate surface area is 169 Å². The molecular formula is C22H24N4O3. The van der Waals surface area contributed by atoms with E-state index < -0.39 is 0 Å². The molecule has 0 unspecified atom stereocenters. The van der Waals surface area contributed by atoms with Gasteiger partial charge < -0.3 is 19.5 Å². The summed E-state index contributed by atoms with van der Waals surface area (Å²) in [6.07, 6.45) is 1.80. The average molecular weight is 392 g/mol. The summed E-state index contributed by atoms with van der Waals surface area (Å²) in [4.78, 5) is 19.1. The monoisotopic (exact) mass is 392 g/mol. The minimum Gasteiger partial charge on any atom is -0.497 e. The van der Waals surface area contributed by atoms with Gasteiger partial charge in [-0.2, -0.15) is 4.98 Å². The molecule has 29 heavy (non-hydrogen) atoms. The van der Waals surface area contributed by atoms with E-state index >= 15 is 0 Å². The van der Waals surface area contributed by atoms with Gasteiger partial charge in [-0.25, -0.2) is 4.79 Å². The molecule has 3 aromatic rings. The largest absolute Gasteiger partial charge is 0.497 e. The number of carbonyl (C=O) groups is 1. The zero-order valence-electron chi connectivity index (χ0n) is 16.6. The molecule has 1 fully saturated rings. The van der Waals surface area contributed by atoms with Crippen LogP contribution >= 0.6 is 0 Å². The van der Waals surface area contributed by atoms with Crippen LogP contribution < -0.4 is 10.1 Å². The molecule has 0 bridgehead atoms. The maximum absolute atomic E-state index is 12.7. The van der Waals surface area contributed by atoms with E-state index in [1.807, 2.05) is 60.4 Å². The number of ether oxygens (including phenoxy) is 1. The number of piperidine rings is 1. The molecule has 1 aromatic heterocycles. The molecular weight excluding hydrogens is 368 g/mol. The zero-order chi connectivity index (χ0) is 20.2. The van der Waals surface area contributed by atoms with E-state index in [-0.39, 0.29) is 11.9 Å². The first-order valence-electron chi connectivity index (χ1n) is 9.73. The summed E-state index contributed by atoms with van der Waals surface area (Å²) in [7, 11) is 1.62. The first kappa shape index (κ1) is 19.0. The van der Waals surface area contributed by atoms with Crippen molar-refractivity contribution in [3.05, 3.63) is 60.0 Å². The highest BCUT2D eigenvalue weighted by atomic mass is 16.5. The molecule has 0 spiro atoms. The van der Waals surface area contributed by atoms with Crippen LogP contribution in [0, 0.1) is 6.92 Å². The van der Waals surface area contributed by atoms with Crippen molar-refractivity contribution in [1.29, 1.82) is 0 Å². The molecule has 1 N–H and O–H groups in total. The molecule has 1 aliphatic rings. The zero-order valence-corrected chi connectivity index (χ0v) is 16.6. The first-order chi connectivity index (χ1) is 14.1. The summed E-state index contributed by atoms with van der Waals surface area (Å²) in [5, 5.41) is 7.13. The predicted molar refractivity (Wildman–Crippen MR) is 110 cm³/mol. The maximum Gasteiger partial charge on any atom is 0.321 e. The van der Waals surface area contributed by atoms with Gasteiger partial charge in [-0.05, 0) is 43.5 Å². The Morgan fingerprint density at radius 3 is 2.93 bits per heavy atom. The normalized spacial score (nSPS) is 16.5. The maximum atomic E-state index is 12.7. The quantitative estimate of drug-likeness (QED) is 0.709. The van der Waals surface area contributed by atoms with Gasteiger partial charge in [0.05, 0.1) is 13.0 Å². The van der Waals surface area contributed by atoms with Gasteiger partial charge in [-0.1, -0.05) is 35.5 Å². The summed E-state index contributed by atoms with van der Waals surface area (Å²) >= 11 is 0. The van der Waals surface area contributed by atoms with E-state index in [0.29, 0.717) is 24.8 Å². The third-order valence-electron chi connectivity index (χ3n) is 5.21. The van der Waals surface area contributed by atoms with Gasteiger partial charge in [0.15, 0.2) is 0 Å². The van der Waals surface area contributed by atoms with Crippen LogP contribution in [0.25, 0.3) is 11.4 Å². The summed E-state index contributed by atoms with van der Waals surface area (Å²) in [5.74, 6) is 1.86. The third kappa shape index (κ3) is 4.23. The molecule has 0 saturated carbocycles. The van der Waals surface area contributed by atoms with Crippen molar-refractivity contribution in [2.45, 2.75) is 25.7 Å². The molecule has 150 valence electrons. The number of aromatic nitrogens is 2. The first-order valence-corrected chi connectivity index (χ1v) is 9.73. The molecule has 0 radical (unpaired) electrons. The topological polar surface area (TPSA) is 80.5 Å². The second-order valence-corrected chi connectivity index (χ2v) is 7.22. The Morgan fingerprint density at radius 1 is 1.24 bits per heavy atom. The Bertz CT molecular complexity index is 1000. The summed E-state index contributed by atoms with van der Waals surface area (Å²) in [5.41, 5.74) is 2.70. The van der Waals surface area contributed by atoms with E-state index in [0.717, 1.165) is 35.4 Å². The van der Waals surface area contributed by atoms with Gasteiger partial charge in [0.2, 0.25) is 11.7 Å². The number of anilines is 1. The molecule has 2 heterocycles. The van der Waals surface area contributed by atoms with Gasteiger partial charge in [-0.3, -0.25) is 0 Å². The Balaban J connectivity index is 1.45. The molecule has 1 aliphatic heterocycles. The molecule has 7 heteroatoms. The van der Waals surface area contributed by atoms with Gasteiger partial charge in [0, 0.05) is 24.3 Å². The number of nitrogens with zero attached hydrogens (tertiary/aromatic N) is 3. The molecule has 2 aromatic carbocycles. The van der Waals surface area contributed by atoms with Crippen molar-refractivity contribution in [1.82, 2.24) is 15.0 Å². The van der Waals surface area contributed by atoms with Crippen molar-refractivity contribution >= 4 is 11.7 Å². The minimum absolute atomic E-state index is 0.0261. The Hall–Kier alpha value is -3.35. The standard InChI is InChI=1S/C22H24N4O3/c1-15-7-3-4-11-19(15)23-22(27)26-12-6-9-17(14-26)21-24-20(25-29-21)16-8-5-10-18(13-16)28-2/h3-5,7-8,10-11,13,17H,6,9,12,14H2,1-2H3,(H,23,27)/t17-/m1/s1. The third-order valence-corrected chi connectivity index (χ3v) is 5.21. The SMILES string of the molecule is COc1cccc(-c2noc([C@@H]3CCCN(C(=O)Nc4ccccc4C)C3)n2)c1. The van der Waals surface area contributed by atoms with Crippen molar-refractivity contribution in [2.75, 3.05) is 25.5 Å². The van der Waals surface area contributed by atoms with Gasteiger partial charge in [-0.15, -0.1) is 0 Å². The number of amides is 2. The summed E-state index contributed by atoms with van der Waals surface area (Å²) < 4.78 is 10.8. The average Bonchev–Trinajstić information content (AvgIpc) is 3.26. The molecule has 4 rings (SSSR count). The van der Waals surface area contributed by atoms with E-state index in [9.17, 15) is 4.79 Å².